The van der Waals surface area contributed by atoms with E-state index >= 15 is 0 Å². The molecule has 0 amide bonds. The Hall–Kier alpha value is -6.64. The zero-order valence-corrected chi connectivity index (χ0v) is 27.3. The van der Waals surface area contributed by atoms with Crippen molar-refractivity contribution in [2.75, 3.05) is 4.90 Å². The van der Waals surface area contributed by atoms with Gasteiger partial charge in [-0.2, -0.15) is 0 Å². The molecule has 0 saturated carbocycles. The summed E-state index contributed by atoms with van der Waals surface area (Å²) in [6.07, 6.45) is 0. The van der Waals surface area contributed by atoms with Gasteiger partial charge in [0.1, 0.15) is 11.2 Å². The van der Waals surface area contributed by atoms with Crippen LogP contribution < -0.4 is 4.90 Å². The van der Waals surface area contributed by atoms with E-state index in [0.717, 1.165) is 50.1 Å². The highest BCUT2D eigenvalue weighted by Crippen LogP contribution is 2.48. The van der Waals surface area contributed by atoms with Crippen LogP contribution in [0.25, 0.3) is 76.5 Å². The van der Waals surface area contributed by atoms with E-state index in [-0.39, 0.29) is 0 Å². The average Bonchev–Trinajstić information content (AvgIpc) is 3.58. The van der Waals surface area contributed by atoms with Crippen molar-refractivity contribution >= 4 is 71.3 Å². The van der Waals surface area contributed by atoms with Crippen LogP contribution in [-0.2, 0) is 0 Å². The number of hydrogen-bond acceptors (Lipinski definition) is 2. The van der Waals surface area contributed by atoms with Crippen LogP contribution in [0.15, 0.2) is 192 Å². The maximum absolute atomic E-state index is 6.73. The summed E-state index contributed by atoms with van der Waals surface area (Å²) in [5.74, 6) is 0. The molecule has 0 aliphatic rings. The van der Waals surface area contributed by atoms with Gasteiger partial charge >= 0.3 is 0 Å². The van der Waals surface area contributed by atoms with Crippen molar-refractivity contribution in [3.63, 3.8) is 0 Å². The highest BCUT2D eigenvalue weighted by atomic mass is 16.3. The van der Waals surface area contributed by atoms with E-state index < -0.39 is 0 Å². The Bertz CT molecular complexity index is 2820. The third kappa shape index (κ3) is 4.50. The fraction of sp³-hybridized carbons (Fsp3) is 0. The molecule has 0 aliphatic heterocycles. The first-order chi connectivity index (χ1) is 24.8. The van der Waals surface area contributed by atoms with Crippen molar-refractivity contribution in [1.82, 2.24) is 0 Å². The predicted octanol–water partition coefficient (Wildman–Crippen LogP) is 13.8. The van der Waals surface area contributed by atoms with Crippen molar-refractivity contribution in [3.05, 3.63) is 188 Å². The van der Waals surface area contributed by atoms with Gasteiger partial charge in [0.2, 0.25) is 0 Å². The summed E-state index contributed by atoms with van der Waals surface area (Å²) in [4.78, 5) is 2.40. The summed E-state index contributed by atoms with van der Waals surface area (Å²) in [6.45, 7) is 0. The third-order valence-corrected chi connectivity index (χ3v) is 10.0. The average molecular weight is 638 g/mol. The van der Waals surface area contributed by atoms with Gasteiger partial charge in [0.25, 0.3) is 0 Å². The van der Waals surface area contributed by atoms with Gasteiger partial charge in [-0.15, -0.1) is 0 Å². The van der Waals surface area contributed by atoms with Crippen LogP contribution in [0.1, 0.15) is 0 Å². The monoisotopic (exact) mass is 637 g/mol. The van der Waals surface area contributed by atoms with Gasteiger partial charge in [-0.3, -0.25) is 0 Å². The Morgan fingerprint density at radius 2 is 0.800 bits per heavy atom. The second-order valence-corrected chi connectivity index (χ2v) is 12.9. The molecule has 0 fully saturated rings. The lowest BCUT2D eigenvalue weighted by Gasteiger charge is -2.28. The molecular weight excluding hydrogens is 607 g/mol. The van der Waals surface area contributed by atoms with Gasteiger partial charge < -0.3 is 9.32 Å². The van der Waals surface area contributed by atoms with E-state index in [0.29, 0.717) is 0 Å². The summed E-state index contributed by atoms with van der Waals surface area (Å²) in [6, 6.07) is 67.4. The fourth-order valence-corrected chi connectivity index (χ4v) is 7.74. The van der Waals surface area contributed by atoms with E-state index in [9.17, 15) is 0 Å². The molecule has 234 valence electrons. The van der Waals surface area contributed by atoms with E-state index in [1.807, 2.05) is 6.07 Å². The highest BCUT2D eigenvalue weighted by Gasteiger charge is 2.23. The lowest BCUT2D eigenvalue weighted by molar-refractivity contribution is 0.670. The molecule has 2 nitrogen and oxygen atoms in total. The molecule has 0 spiro atoms. The van der Waals surface area contributed by atoms with Gasteiger partial charge in [0.15, 0.2) is 0 Å². The normalized spacial score (nSPS) is 11.6. The molecule has 9 aromatic carbocycles. The zero-order valence-electron chi connectivity index (χ0n) is 27.3. The molecule has 1 heterocycles. The predicted molar refractivity (Wildman–Crippen MR) is 212 cm³/mol. The van der Waals surface area contributed by atoms with Crippen LogP contribution in [0, 0.1) is 0 Å². The lowest BCUT2D eigenvalue weighted by Crippen LogP contribution is -2.11. The SMILES string of the molecule is c1ccc(-c2ccc(N(c3ccc4c5ccccc5c5ccccc5c4c3)c3ccc4c(oc5ccccc54)c3-c3ccccc3)cc2)cc1. The first-order valence-electron chi connectivity index (χ1n) is 17.1. The van der Waals surface area contributed by atoms with Crippen molar-refractivity contribution in [2.24, 2.45) is 0 Å². The molecule has 0 radical (unpaired) electrons. The first kappa shape index (κ1) is 28.4. The van der Waals surface area contributed by atoms with Crippen LogP contribution in [0.4, 0.5) is 17.1 Å². The van der Waals surface area contributed by atoms with Gasteiger partial charge in [0.05, 0.1) is 5.69 Å². The number of furan rings is 1. The molecule has 0 unspecified atom stereocenters. The summed E-state index contributed by atoms with van der Waals surface area (Å²) in [5.41, 5.74) is 9.53. The second kappa shape index (κ2) is 11.5. The smallest absolute Gasteiger partial charge is 0.145 e. The summed E-state index contributed by atoms with van der Waals surface area (Å²) in [5, 5.41) is 9.76. The quantitative estimate of drug-likeness (QED) is 0.175. The van der Waals surface area contributed by atoms with Gasteiger partial charge in [-0.05, 0) is 91.5 Å². The number of anilines is 3. The summed E-state index contributed by atoms with van der Waals surface area (Å²) in [7, 11) is 0. The van der Waals surface area contributed by atoms with Crippen molar-refractivity contribution in [3.8, 4) is 22.3 Å². The molecule has 2 heteroatoms. The summed E-state index contributed by atoms with van der Waals surface area (Å²) >= 11 is 0. The molecule has 10 rings (SSSR count). The minimum Gasteiger partial charge on any atom is -0.455 e. The molecule has 0 atom stereocenters. The maximum Gasteiger partial charge on any atom is 0.145 e. The number of nitrogens with zero attached hydrogens (tertiary/aromatic N) is 1. The Balaban J connectivity index is 1.28. The third-order valence-electron chi connectivity index (χ3n) is 10.0. The molecule has 10 aromatic rings. The van der Waals surface area contributed by atoms with Crippen LogP contribution in [0.2, 0.25) is 0 Å². The van der Waals surface area contributed by atoms with Crippen molar-refractivity contribution < 1.29 is 4.42 Å². The minimum atomic E-state index is 0.887. The number of benzene rings is 9. The van der Waals surface area contributed by atoms with Gasteiger partial charge in [0, 0.05) is 27.7 Å². The first-order valence-corrected chi connectivity index (χ1v) is 17.1. The second-order valence-electron chi connectivity index (χ2n) is 12.9. The van der Waals surface area contributed by atoms with E-state index in [2.05, 4.69) is 187 Å². The van der Waals surface area contributed by atoms with E-state index in [4.69, 9.17) is 4.42 Å². The summed E-state index contributed by atoms with van der Waals surface area (Å²) < 4.78 is 6.73. The molecule has 0 N–H and O–H groups in total. The van der Waals surface area contributed by atoms with Crippen LogP contribution >= 0.6 is 0 Å². The molecule has 1 aromatic heterocycles. The molecule has 0 saturated heterocycles. The highest BCUT2D eigenvalue weighted by molar-refractivity contribution is 6.26. The zero-order chi connectivity index (χ0) is 33.0. The molecule has 50 heavy (non-hydrogen) atoms. The number of para-hydroxylation sites is 1. The standard InChI is InChI=1S/C48H31NO/c1-3-13-32(14-4-1)33-23-25-35(26-24-33)49(36-27-28-41-39-19-8-7-17-37(39)38-18-9-10-20-40(38)44(41)31-36)45-30-29-43-42-21-11-12-22-46(42)50-48(43)47(45)34-15-5-2-6-16-34/h1-31H. The largest absolute Gasteiger partial charge is 0.455 e. The van der Waals surface area contributed by atoms with Crippen molar-refractivity contribution in [2.45, 2.75) is 0 Å². The van der Waals surface area contributed by atoms with Crippen LogP contribution in [-0.4, -0.2) is 0 Å². The molecular formula is C48H31NO. The van der Waals surface area contributed by atoms with E-state index in [1.54, 1.807) is 0 Å². The molecule has 0 bridgehead atoms. The van der Waals surface area contributed by atoms with Crippen molar-refractivity contribution in [1.29, 1.82) is 0 Å². The van der Waals surface area contributed by atoms with E-state index in [1.165, 1.54) is 43.4 Å². The Kier molecular flexibility index (Phi) is 6.53. The number of rotatable bonds is 5. The number of fused-ring (bicyclic) bond motifs is 9. The Labute approximate surface area is 290 Å². The Morgan fingerprint density at radius 1 is 0.320 bits per heavy atom. The Morgan fingerprint density at radius 3 is 1.46 bits per heavy atom. The van der Waals surface area contributed by atoms with Gasteiger partial charge in [-0.1, -0.05) is 146 Å². The number of hydrogen-bond donors (Lipinski definition) is 0. The minimum absolute atomic E-state index is 0.887. The fourth-order valence-electron chi connectivity index (χ4n) is 7.74. The topological polar surface area (TPSA) is 16.4 Å². The van der Waals surface area contributed by atoms with Crippen LogP contribution in [0.3, 0.4) is 0 Å². The van der Waals surface area contributed by atoms with Gasteiger partial charge in [-0.25, -0.2) is 0 Å². The maximum atomic E-state index is 6.73. The lowest BCUT2D eigenvalue weighted by atomic mass is 9.93. The molecule has 0 aliphatic carbocycles. The van der Waals surface area contributed by atoms with Crippen LogP contribution in [0.5, 0.6) is 0 Å².